The van der Waals surface area contributed by atoms with Gasteiger partial charge in [-0.05, 0) is 0 Å². The maximum absolute atomic E-state index is 12.7. The quantitative estimate of drug-likeness (QED) is 0.0317. The topological polar surface area (TPSA) is 266 Å². The lowest BCUT2D eigenvalue weighted by Gasteiger charge is -2.43. The van der Waals surface area contributed by atoms with E-state index >= 15 is 0 Å². The normalized spacial score (nSPS) is 17.7. The first-order chi connectivity index (χ1) is 16.5. The van der Waals surface area contributed by atoms with E-state index in [4.69, 9.17) is 15.6 Å². The van der Waals surface area contributed by atoms with E-state index in [1.54, 1.807) is 0 Å². The summed E-state index contributed by atoms with van der Waals surface area (Å²) in [6, 6.07) is -3.21. The fourth-order valence-electron chi connectivity index (χ4n) is 2.53. The molecular weight excluding hydrogens is 520 g/mol. The third kappa shape index (κ3) is 7.48. The molecule has 0 radical (unpaired) electrons. The number of nitrogen functional groups attached to an aromatic ring is 1. The van der Waals surface area contributed by atoms with Gasteiger partial charge in [0.05, 0.1) is 6.54 Å². The fourth-order valence-corrected chi connectivity index (χ4v) is 3.95. The van der Waals surface area contributed by atoms with Crippen molar-refractivity contribution in [2.75, 3.05) is 32.1 Å². The number of nitrogens with one attached hydrogen (secondary N) is 2. The molecule has 0 saturated carbocycles. The zero-order valence-corrected chi connectivity index (χ0v) is 19.0. The van der Waals surface area contributed by atoms with Gasteiger partial charge in [0.25, 0.3) is 11.8 Å². The van der Waals surface area contributed by atoms with Gasteiger partial charge in [0.2, 0.25) is 13.0 Å². The minimum Gasteiger partial charge on any atom is -0.479 e. The summed E-state index contributed by atoms with van der Waals surface area (Å²) in [5.74, 6) is -3.83. The molecule has 6 N–H and O–H groups in total. The number of nitrogens with two attached hydrogens (primary N) is 1. The van der Waals surface area contributed by atoms with Crippen molar-refractivity contribution in [3.63, 3.8) is 0 Å². The monoisotopic (exact) mass is 538 g/mol. The number of ether oxygens (including phenoxy) is 2. The number of aliphatic carboxylic acids is 1. The lowest BCUT2D eigenvalue weighted by Crippen LogP contribution is -2.73. The molecule has 1 saturated heterocycles. The Kier molecular flexibility index (Phi) is 9.25. The average Bonchev–Trinajstić information content (AvgIpc) is 3.19. The number of amides is 3. The summed E-state index contributed by atoms with van der Waals surface area (Å²) in [6.45, 7) is -2.07. The molecule has 0 bridgehead atoms. The maximum Gasteiger partial charge on any atom is 0.508 e. The van der Waals surface area contributed by atoms with Crippen molar-refractivity contribution in [3.05, 3.63) is 11.1 Å². The van der Waals surface area contributed by atoms with Crippen LogP contribution < -0.4 is 16.4 Å². The van der Waals surface area contributed by atoms with E-state index < -0.39 is 65.3 Å². The number of aromatic nitrogens is 1. The second-order valence-electron chi connectivity index (χ2n) is 6.29. The van der Waals surface area contributed by atoms with Crippen LogP contribution >= 0.6 is 11.3 Å². The smallest absolute Gasteiger partial charge is 0.479 e. The molecule has 1 aromatic heterocycles. The molecule has 35 heavy (non-hydrogen) atoms. The van der Waals surface area contributed by atoms with E-state index in [0.29, 0.717) is 6.41 Å². The van der Waals surface area contributed by atoms with Crippen molar-refractivity contribution >= 4 is 62.8 Å². The van der Waals surface area contributed by atoms with Crippen LogP contribution in [0, 0.1) is 0 Å². The number of β-lactam (4-membered cyclic amide) rings is 1. The van der Waals surface area contributed by atoms with Crippen LogP contribution in [-0.4, -0.2) is 102 Å². The number of hydrogen-bond acceptors (Lipinski definition) is 14. The van der Waals surface area contributed by atoms with Crippen LogP contribution in [0.15, 0.2) is 10.5 Å². The average molecular weight is 538 g/mol. The highest BCUT2D eigenvalue weighted by Gasteiger charge is 2.55. The molecule has 0 aliphatic carbocycles. The molecule has 2 heterocycles. The van der Waals surface area contributed by atoms with Crippen molar-refractivity contribution in [1.82, 2.24) is 19.9 Å². The molecule has 192 valence electrons. The second kappa shape index (κ2) is 11.9. The van der Waals surface area contributed by atoms with Crippen LogP contribution in [0.25, 0.3) is 0 Å². The molecule has 0 aromatic carbocycles. The standard InChI is InChI=1S/C15H18N6O12S2/c16-14-18-7(5-34-14)10(20-33-4-9(23)24)12(25)19-11-8(21(13(11)26)35(28,29)30)3-32-15(27)31-2-1-17-6-22/h5-6,8,11H,1-4H2,(H2,16,18)(H,17,22)(H,19,25)(H,23,24)(H,28,29,30). The number of carbonyl (C=O) groups excluding carboxylic acids is 4. The van der Waals surface area contributed by atoms with Crippen LogP contribution in [0.3, 0.4) is 0 Å². The Bertz CT molecular complexity index is 1120. The van der Waals surface area contributed by atoms with E-state index in [-0.39, 0.29) is 28.3 Å². The van der Waals surface area contributed by atoms with Gasteiger partial charge in [-0.25, -0.2) is 18.9 Å². The van der Waals surface area contributed by atoms with Crippen LogP contribution in [-0.2, 0) is 43.8 Å². The minimum atomic E-state index is -5.09. The predicted molar refractivity (Wildman–Crippen MR) is 112 cm³/mol. The summed E-state index contributed by atoms with van der Waals surface area (Å²) in [5.41, 5.74) is 4.77. The zero-order valence-electron chi connectivity index (χ0n) is 17.4. The lowest BCUT2D eigenvalue weighted by molar-refractivity contribution is -0.147. The Morgan fingerprint density at radius 2 is 2.06 bits per heavy atom. The number of anilines is 1. The van der Waals surface area contributed by atoms with Crippen LogP contribution in [0.2, 0.25) is 0 Å². The van der Waals surface area contributed by atoms with Crippen molar-refractivity contribution in [1.29, 1.82) is 0 Å². The molecule has 0 spiro atoms. The van der Waals surface area contributed by atoms with Gasteiger partial charge < -0.3 is 35.8 Å². The molecule has 1 aliphatic rings. The summed E-state index contributed by atoms with van der Waals surface area (Å²) < 4.78 is 41.6. The Hall–Kier alpha value is -4.04. The Balaban J connectivity index is 2.14. The molecular formula is C15H18N6O12S2. The third-order valence-corrected chi connectivity index (χ3v) is 5.57. The van der Waals surface area contributed by atoms with E-state index in [9.17, 15) is 36.9 Å². The molecule has 20 heteroatoms. The summed E-state index contributed by atoms with van der Waals surface area (Å²) in [5, 5.41) is 17.7. The maximum atomic E-state index is 12.7. The molecule has 2 atom stereocenters. The first-order valence-corrected chi connectivity index (χ1v) is 11.4. The summed E-state index contributed by atoms with van der Waals surface area (Å²) in [4.78, 5) is 65.8. The van der Waals surface area contributed by atoms with Crippen LogP contribution in [0.4, 0.5) is 9.93 Å². The summed E-state index contributed by atoms with van der Waals surface area (Å²) >= 11 is 0.905. The number of carbonyl (C=O) groups is 5. The fraction of sp³-hybridized carbons (Fsp3) is 0.400. The van der Waals surface area contributed by atoms with Gasteiger partial charge in [-0.1, -0.05) is 5.16 Å². The Morgan fingerprint density at radius 3 is 2.63 bits per heavy atom. The first-order valence-electron chi connectivity index (χ1n) is 9.17. The largest absolute Gasteiger partial charge is 0.508 e. The zero-order chi connectivity index (χ0) is 26.2. The van der Waals surface area contributed by atoms with Crippen molar-refractivity contribution in [3.8, 4) is 0 Å². The Labute approximate surface area is 199 Å². The van der Waals surface area contributed by atoms with Gasteiger partial charge >= 0.3 is 22.4 Å². The van der Waals surface area contributed by atoms with Crippen LogP contribution in [0.5, 0.6) is 0 Å². The molecule has 1 fully saturated rings. The predicted octanol–water partition coefficient (Wildman–Crippen LogP) is -3.07. The molecule has 1 aromatic rings. The first kappa shape index (κ1) is 27.2. The van der Waals surface area contributed by atoms with Gasteiger partial charge in [0.15, 0.2) is 10.8 Å². The minimum absolute atomic E-state index is 0.0177. The highest BCUT2D eigenvalue weighted by Crippen LogP contribution is 2.24. The second-order valence-corrected chi connectivity index (χ2v) is 8.47. The lowest BCUT2D eigenvalue weighted by atomic mass is 9.99. The van der Waals surface area contributed by atoms with E-state index in [1.807, 2.05) is 0 Å². The highest BCUT2D eigenvalue weighted by molar-refractivity contribution is 7.84. The molecule has 2 rings (SSSR count). The number of rotatable bonds is 13. The van der Waals surface area contributed by atoms with Gasteiger partial charge in [-0.15, -0.1) is 11.3 Å². The number of thiazole rings is 1. The van der Waals surface area contributed by atoms with Crippen molar-refractivity contribution < 1.29 is 56.4 Å². The van der Waals surface area contributed by atoms with Gasteiger partial charge in [-0.2, -0.15) is 8.42 Å². The summed E-state index contributed by atoms with van der Waals surface area (Å²) in [7, 11) is -5.09. The van der Waals surface area contributed by atoms with E-state index in [0.717, 1.165) is 11.3 Å². The van der Waals surface area contributed by atoms with Crippen LogP contribution in [0.1, 0.15) is 5.69 Å². The SMILES string of the molecule is Nc1nc(C(=NOCC(=O)O)C(=O)NC2C(=O)N(S(=O)(=O)O)C2COC(=O)OCCNC=O)cs1. The molecule has 2 unspecified atom stereocenters. The summed E-state index contributed by atoms with van der Waals surface area (Å²) in [6.07, 6.45) is -0.935. The molecule has 3 amide bonds. The van der Waals surface area contributed by atoms with Crippen molar-refractivity contribution in [2.45, 2.75) is 12.1 Å². The van der Waals surface area contributed by atoms with E-state index in [1.165, 1.54) is 5.38 Å². The number of hydrogen-bond donors (Lipinski definition) is 5. The van der Waals surface area contributed by atoms with Crippen molar-refractivity contribution in [2.24, 2.45) is 5.16 Å². The van der Waals surface area contributed by atoms with Gasteiger partial charge in [-0.3, -0.25) is 18.9 Å². The Morgan fingerprint density at radius 1 is 1.34 bits per heavy atom. The number of oxime groups is 1. The number of carboxylic acid groups (broad SMARTS) is 1. The molecule has 18 nitrogen and oxygen atoms in total. The number of nitrogens with zero attached hydrogens (tertiary/aromatic N) is 3. The van der Waals surface area contributed by atoms with E-state index in [2.05, 4.69) is 30.3 Å². The van der Waals surface area contributed by atoms with Gasteiger partial charge in [0.1, 0.15) is 31.0 Å². The van der Waals surface area contributed by atoms with Gasteiger partial charge in [0, 0.05) is 5.38 Å². The number of carboxylic acids is 1. The third-order valence-electron chi connectivity index (χ3n) is 3.95. The highest BCUT2D eigenvalue weighted by atomic mass is 32.2. The molecule has 1 aliphatic heterocycles.